The number of morpholine rings is 1. The van der Waals surface area contributed by atoms with Crippen LogP contribution >= 0.6 is 0 Å². The van der Waals surface area contributed by atoms with Gasteiger partial charge in [0.05, 0.1) is 37.3 Å². The van der Waals surface area contributed by atoms with Crippen molar-refractivity contribution in [2.24, 2.45) is 0 Å². The molecule has 1 aromatic rings. The van der Waals surface area contributed by atoms with Crippen molar-refractivity contribution in [3.63, 3.8) is 0 Å². The molecule has 0 aliphatic carbocycles. The van der Waals surface area contributed by atoms with Crippen molar-refractivity contribution in [3.8, 4) is 0 Å². The smallest absolute Gasteiger partial charge is 0.238 e. The van der Waals surface area contributed by atoms with Crippen LogP contribution in [0.3, 0.4) is 0 Å². The van der Waals surface area contributed by atoms with Crippen molar-refractivity contribution >= 4 is 17.3 Å². The molecule has 6 heteroatoms. The molecule has 1 saturated heterocycles. The molecule has 0 unspecified atom stereocenters. The monoisotopic (exact) mass is 236 g/mol. The first-order valence-corrected chi connectivity index (χ1v) is 5.54. The van der Waals surface area contributed by atoms with Gasteiger partial charge in [-0.25, -0.2) is 0 Å². The number of amides is 1. The summed E-state index contributed by atoms with van der Waals surface area (Å²) in [6.07, 6.45) is 3.12. The Hall–Kier alpha value is -1.66. The molecular formula is C11H16N4O2. The molecule has 3 N–H and O–H groups in total. The van der Waals surface area contributed by atoms with Gasteiger partial charge in [-0.15, -0.1) is 0 Å². The van der Waals surface area contributed by atoms with Crippen LogP contribution in [0.5, 0.6) is 0 Å². The summed E-state index contributed by atoms with van der Waals surface area (Å²) in [4.78, 5) is 17.7. The quantitative estimate of drug-likeness (QED) is 0.768. The Kier molecular flexibility index (Phi) is 3.89. The number of hydrogen-bond donors (Lipinski definition) is 2. The predicted octanol–water partition coefficient (Wildman–Crippen LogP) is -0.0655. The summed E-state index contributed by atoms with van der Waals surface area (Å²) in [5, 5.41) is 2.77. The maximum atomic E-state index is 11.7. The first kappa shape index (κ1) is 11.8. The van der Waals surface area contributed by atoms with E-state index in [4.69, 9.17) is 10.5 Å². The van der Waals surface area contributed by atoms with E-state index in [-0.39, 0.29) is 5.91 Å². The van der Waals surface area contributed by atoms with Gasteiger partial charge in [-0.1, -0.05) is 0 Å². The van der Waals surface area contributed by atoms with E-state index in [1.54, 1.807) is 12.3 Å². The average molecular weight is 236 g/mol. The molecule has 1 aliphatic rings. The number of aromatic nitrogens is 1. The van der Waals surface area contributed by atoms with Crippen molar-refractivity contribution in [1.29, 1.82) is 0 Å². The maximum absolute atomic E-state index is 11.7. The molecule has 6 nitrogen and oxygen atoms in total. The molecule has 1 aromatic heterocycles. The summed E-state index contributed by atoms with van der Waals surface area (Å²) in [5.74, 6) is -0.0562. The van der Waals surface area contributed by atoms with Crippen LogP contribution in [0.1, 0.15) is 0 Å². The van der Waals surface area contributed by atoms with Crippen LogP contribution in [0, 0.1) is 0 Å². The molecule has 17 heavy (non-hydrogen) atoms. The van der Waals surface area contributed by atoms with Gasteiger partial charge in [0.2, 0.25) is 5.91 Å². The highest BCUT2D eigenvalue weighted by Gasteiger charge is 2.14. The molecule has 0 aromatic carbocycles. The third kappa shape index (κ3) is 3.69. The minimum atomic E-state index is -0.0562. The lowest BCUT2D eigenvalue weighted by atomic mass is 10.3. The van der Waals surface area contributed by atoms with Crippen LogP contribution < -0.4 is 11.1 Å². The van der Waals surface area contributed by atoms with Crippen molar-refractivity contribution in [3.05, 3.63) is 18.5 Å². The summed E-state index contributed by atoms with van der Waals surface area (Å²) >= 11 is 0. The Morgan fingerprint density at radius 1 is 1.47 bits per heavy atom. The molecule has 0 bridgehead atoms. The molecule has 2 rings (SSSR count). The van der Waals surface area contributed by atoms with E-state index >= 15 is 0 Å². The molecule has 0 radical (unpaired) electrons. The third-order valence-corrected chi connectivity index (χ3v) is 2.51. The van der Waals surface area contributed by atoms with Gasteiger partial charge in [0.15, 0.2) is 0 Å². The lowest BCUT2D eigenvalue weighted by molar-refractivity contribution is -0.118. The fourth-order valence-electron chi connectivity index (χ4n) is 1.69. The van der Waals surface area contributed by atoms with Crippen LogP contribution in [-0.4, -0.2) is 48.6 Å². The number of hydrogen-bond acceptors (Lipinski definition) is 5. The fraction of sp³-hybridized carbons (Fsp3) is 0.455. The number of anilines is 2. The van der Waals surface area contributed by atoms with Gasteiger partial charge in [0, 0.05) is 19.3 Å². The number of pyridine rings is 1. The van der Waals surface area contributed by atoms with Crippen molar-refractivity contribution in [1.82, 2.24) is 9.88 Å². The zero-order valence-corrected chi connectivity index (χ0v) is 9.56. The van der Waals surface area contributed by atoms with Crippen LogP contribution in [0.2, 0.25) is 0 Å². The van der Waals surface area contributed by atoms with Gasteiger partial charge in [0.25, 0.3) is 0 Å². The van der Waals surface area contributed by atoms with E-state index in [9.17, 15) is 4.79 Å². The Morgan fingerprint density at radius 2 is 2.24 bits per heavy atom. The Bertz CT molecular complexity index is 391. The van der Waals surface area contributed by atoms with E-state index in [0.29, 0.717) is 31.1 Å². The summed E-state index contributed by atoms with van der Waals surface area (Å²) in [5.41, 5.74) is 6.74. The molecule has 92 valence electrons. The van der Waals surface area contributed by atoms with Crippen molar-refractivity contribution < 1.29 is 9.53 Å². The summed E-state index contributed by atoms with van der Waals surface area (Å²) in [7, 11) is 0. The van der Waals surface area contributed by atoms with Gasteiger partial charge in [-0.2, -0.15) is 0 Å². The molecule has 2 heterocycles. The van der Waals surface area contributed by atoms with Crippen LogP contribution in [0.4, 0.5) is 11.4 Å². The second kappa shape index (κ2) is 5.60. The standard InChI is InChI=1S/C11H16N4O2/c12-9-5-10(7-13-6-9)14-11(16)8-15-1-3-17-4-2-15/h5-7H,1-4,8,12H2,(H,14,16). The zero-order valence-electron chi connectivity index (χ0n) is 9.56. The molecule has 1 amide bonds. The lowest BCUT2D eigenvalue weighted by Gasteiger charge is -2.25. The normalized spacial score (nSPS) is 16.7. The Labute approximate surface area is 99.8 Å². The largest absolute Gasteiger partial charge is 0.397 e. The molecule has 0 atom stereocenters. The number of rotatable bonds is 3. The SMILES string of the molecule is Nc1cncc(NC(=O)CN2CCOCC2)c1. The number of nitrogen functional groups attached to an aromatic ring is 1. The first-order chi connectivity index (χ1) is 8.24. The topological polar surface area (TPSA) is 80.5 Å². The minimum absolute atomic E-state index is 0.0562. The second-order valence-corrected chi connectivity index (χ2v) is 3.94. The highest BCUT2D eigenvalue weighted by Crippen LogP contribution is 2.09. The Morgan fingerprint density at radius 3 is 2.94 bits per heavy atom. The second-order valence-electron chi connectivity index (χ2n) is 3.94. The average Bonchev–Trinajstić information content (AvgIpc) is 2.30. The summed E-state index contributed by atoms with van der Waals surface area (Å²) in [6, 6.07) is 1.68. The summed E-state index contributed by atoms with van der Waals surface area (Å²) in [6.45, 7) is 3.34. The maximum Gasteiger partial charge on any atom is 0.238 e. The van der Waals surface area contributed by atoms with E-state index in [1.165, 1.54) is 6.20 Å². The van der Waals surface area contributed by atoms with Gasteiger partial charge in [0.1, 0.15) is 0 Å². The highest BCUT2D eigenvalue weighted by atomic mass is 16.5. The molecule has 0 spiro atoms. The minimum Gasteiger partial charge on any atom is -0.397 e. The number of ether oxygens (including phenoxy) is 1. The number of nitrogens with one attached hydrogen (secondary N) is 1. The molecule has 1 aliphatic heterocycles. The van der Waals surface area contributed by atoms with Gasteiger partial charge in [-0.05, 0) is 6.07 Å². The van der Waals surface area contributed by atoms with Crippen molar-refractivity contribution in [2.45, 2.75) is 0 Å². The van der Waals surface area contributed by atoms with Gasteiger partial charge in [-0.3, -0.25) is 14.7 Å². The third-order valence-electron chi connectivity index (χ3n) is 2.51. The van der Waals surface area contributed by atoms with E-state index < -0.39 is 0 Å². The Balaban J connectivity index is 1.84. The van der Waals surface area contributed by atoms with Gasteiger partial charge >= 0.3 is 0 Å². The highest BCUT2D eigenvalue weighted by molar-refractivity contribution is 5.92. The predicted molar refractivity (Wildman–Crippen MR) is 64.5 cm³/mol. The zero-order chi connectivity index (χ0) is 12.1. The first-order valence-electron chi connectivity index (χ1n) is 5.54. The molecule has 0 saturated carbocycles. The molecular weight excluding hydrogens is 220 g/mol. The van der Waals surface area contributed by atoms with E-state index in [0.717, 1.165) is 13.1 Å². The van der Waals surface area contributed by atoms with E-state index in [1.807, 2.05) is 0 Å². The van der Waals surface area contributed by atoms with Crippen molar-refractivity contribution in [2.75, 3.05) is 43.9 Å². The van der Waals surface area contributed by atoms with Crippen LogP contribution in [0.25, 0.3) is 0 Å². The van der Waals surface area contributed by atoms with Crippen LogP contribution in [0.15, 0.2) is 18.5 Å². The molecule has 1 fully saturated rings. The lowest BCUT2D eigenvalue weighted by Crippen LogP contribution is -2.41. The number of carbonyl (C=O) groups is 1. The van der Waals surface area contributed by atoms with Crippen LogP contribution in [-0.2, 0) is 9.53 Å². The van der Waals surface area contributed by atoms with E-state index in [2.05, 4.69) is 15.2 Å². The number of nitrogens with two attached hydrogens (primary N) is 1. The number of nitrogens with zero attached hydrogens (tertiary/aromatic N) is 2. The number of carbonyl (C=O) groups excluding carboxylic acids is 1. The van der Waals surface area contributed by atoms with Gasteiger partial charge < -0.3 is 15.8 Å². The summed E-state index contributed by atoms with van der Waals surface area (Å²) < 4.78 is 5.22. The fourth-order valence-corrected chi connectivity index (χ4v) is 1.69.